The molecule has 2 rings (SSSR count). The van der Waals surface area contributed by atoms with Gasteiger partial charge in [0, 0.05) is 4.47 Å². The lowest BCUT2D eigenvalue weighted by Gasteiger charge is -1.96. The molecule has 0 radical (unpaired) electrons. The van der Waals surface area contributed by atoms with Gasteiger partial charge in [-0.25, -0.2) is 0 Å². The summed E-state index contributed by atoms with van der Waals surface area (Å²) in [7, 11) is 1.84. The number of benzene rings is 1. The Bertz CT molecular complexity index is 455. The highest BCUT2D eigenvalue weighted by Gasteiger charge is 2.10. The molecule has 2 aromatic rings. The number of hydrogen-bond donors (Lipinski definition) is 1. The zero-order valence-electron chi connectivity index (χ0n) is 8.20. The Morgan fingerprint density at radius 1 is 1.40 bits per heavy atom. The molecular formula is C10H10BrN3O. The fourth-order valence-corrected chi connectivity index (χ4v) is 1.68. The molecule has 0 saturated carbocycles. The van der Waals surface area contributed by atoms with Crippen molar-refractivity contribution in [2.75, 3.05) is 7.05 Å². The van der Waals surface area contributed by atoms with E-state index in [4.69, 9.17) is 4.52 Å². The summed E-state index contributed by atoms with van der Waals surface area (Å²) in [6, 6.07) is 7.75. The van der Waals surface area contributed by atoms with Crippen LogP contribution in [0.1, 0.15) is 5.82 Å². The molecule has 5 heteroatoms. The average Bonchev–Trinajstić information content (AvgIpc) is 2.68. The lowest BCUT2D eigenvalue weighted by molar-refractivity contribution is 0.420. The summed E-state index contributed by atoms with van der Waals surface area (Å²) >= 11 is 3.44. The van der Waals surface area contributed by atoms with E-state index >= 15 is 0 Å². The number of rotatable bonds is 3. The lowest BCUT2D eigenvalue weighted by atomic mass is 10.2. The maximum Gasteiger partial charge on any atom is 0.259 e. The normalized spacial score (nSPS) is 10.5. The van der Waals surface area contributed by atoms with E-state index in [1.807, 2.05) is 31.3 Å². The summed E-state index contributed by atoms with van der Waals surface area (Å²) in [6.45, 7) is 0.605. The summed E-state index contributed by atoms with van der Waals surface area (Å²) in [5, 5.41) is 6.82. The van der Waals surface area contributed by atoms with E-state index in [1.165, 1.54) is 0 Å². The van der Waals surface area contributed by atoms with Crippen molar-refractivity contribution in [3.63, 3.8) is 0 Å². The van der Waals surface area contributed by atoms with E-state index in [-0.39, 0.29) is 0 Å². The van der Waals surface area contributed by atoms with Gasteiger partial charge in [-0.3, -0.25) is 0 Å². The number of nitrogens with one attached hydrogen (secondary N) is 1. The Hall–Kier alpha value is -1.20. The van der Waals surface area contributed by atoms with Crippen LogP contribution in [0.2, 0.25) is 0 Å². The predicted octanol–water partition coefficient (Wildman–Crippen LogP) is 2.22. The Labute approximate surface area is 95.8 Å². The summed E-state index contributed by atoms with van der Waals surface area (Å²) in [4.78, 5) is 4.26. The third-order valence-electron chi connectivity index (χ3n) is 1.91. The topological polar surface area (TPSA) is 51.0 Å². The summed E-state index contributed by atoms with van der Waals surface area (Å²) in [5.74, 6) is 1.19. The second kappa shape index (κ2) is 4.55. The SMILES string of the molecule is CNCc1noc(-c2ccccc2Br)n1. The van der Waals surface area contributed by atoms with Crippen LogP contribution >= 0.6 is 15.9 Å². The lowest BCUT2D eigenvalue weighted by Crippen LogP contribution is -2.06. The van der Waals surface area contributed by atoms with Crippen LogP contribution in [0.4, 0.5) is 0 Å². The van der Waals surface area contributed by atoms with Crippen molar-refractivity contribution >= 4 is 15.9 Å². The first kappa shape index (κ1) is 10.3. The average molecular weight is 268 g/mol. The zero-order valence-corrected chi connectivity index (χ0v) is 9.78. The molecule has 0 unspecified atom stereocenters. The van der Waals surface area contributed by atoms with Gasteiger partial charge in [0.15, 0.2) is 5.82 Å². The maximum atomic E-state index is 5.15. The first-order valence-electron chi connectivity index (χ1n) is 4.53. The minimum Gasteiger partial charge on any atom is -0.334 e. The number of hydrogen-bond acceptors (Lipinski definition) is 4. The predicted molar refractivity (Wildman–Crippen MR) is 60.2 cm³/mol. The standard InChI is InChI=1S/C10H10BrN3O/c1-12-6-9-13-10(15-14-9)7-4-2-3-5-8(7)11/h2-5,12H,6H2,1H3. The van der Waals surface area contributed by atoms with Gasteiger partial charge >= 0.3 is 0 Å². The highest BCUT2D eigenvalue weighted by atomic mass is 79.9. The van der Waals surface area contributed by atoms with Crippen molar-refractivity contribution in [2.24, 2.45) is 0 Å². The van der Waals surface area contributed by atoms with Gasteiger partial charge in [0.2, 0.25) is 0 Å². The molecule has 0 aliphatic heterocycles. The zero-order chi connectivity index (χ0) is 10.7. The molecule has 1 N–H and O–H groups in total. The van der Waals surface area contributed by atoms with Gasteiger partial charge in [-0.15, -0.1) is 0 Å². The molecule has 0 bridgehead atoms. The summed E-state index contributed by atoms with van der Waals surface area (Å²) in [5.41, 5.74) is 0.910. The van der Waals surface area contributed by atoms with Crippen LogP contribution in [0.3, 0.4) is 0 Å². The third-order valence-corrected chi connectivity index (χ3v) is 2.60. The van der Waals surface area contributed by atoms with Crippen molar-refractivity contribution in [3.05, 3.63) is 34.6 Å². The highest BCUT2D eigenvalue weighted by Crippen LogP contribution is 2.26. The van der Waals surface area contributed by atoms with Crippen molar-refractivity contribution in [3.8, 4) is 11.5 Å². The maximum absolute atomic E-state index is 5.15. The van der Waals surface area contributed by atoms with Crippen molar-refractivity contribution in [1.29, 1.82) is 0 Å². The van der Waals surface area contributed by atoms with Crippen molar-refractivity contribution in [1.82, 2.24) is 15.5 Å². The first-order chi connectivity index (χ1) is 7.31. The number of nitrogens with zero attached hydrogens (tertiary/aromatic N) is 2. The van der Waals surface area contributed by atoms with Crippen LogP contribution in [0.15, 0.2) is 33.3 Å². The molecule has 1 aromatic heterocycles. The van der Waals surface area contributed by atoms with Gasteiger partial charge in [0.1, 0.15) is 0 Å². The van der Waals surface area contributed by atoms with E-state index in [9.17, 15) is 0 Å². The Kier molecular flexibility index (Phi) is 3.13. The third kappa shape index (κ3) is 2.24. The van der Waals surface area contributed by atoms with Crippen LogP contribution in [0.25, 0.3) is 11.5 Å². The van der Waals surface area contributed by atoms with Gasteiger partial charge in [0.25, 0.3) is 5.89 Å². The molecule has 0 amide bonds. The molecule has 1 aromatic carbocycles. The monoisotopic (exact) mass is 267 g/mol. The Morgan fingerprint density at radius 3 is 2.93 bits per heavy atom. The van der Waals surface area contributed by atoms with Crippen LogP contribution in [-0.4, -0.2) is 17.2 Å². The van der Waals surface area contributed by atoms with Gasteiger partial charge in [-0.1, -0.05) is 17.3 Å². The van der Waals surface area contributed by atoms with Crippen molar-refractivity contribution < 1.29 is 4.52 Å². The molecule has 0 aliphatic carbocycles. The second-order valence-corrected chi connectivity index (χ2v) is 3.88. The largest absolute Gasteiger partial charge is 0.334 e. The van der Waals surface area contributed by atoms with E-state index in [0.29, 0.717) is 18.3 Å². The highest BCUT2D eigenvalue weighted by molar-refractivity contribution is 9.10. The molecule has 0 atom stereocenters. The summed E-state index contributed by atoms with van der Waals surface area (Å²) in [6.07, 6.45) is 0. The number of halogens is 1. The van der Waals surface area contributed by atoms with Gasteiger partial charge in [-0.05, 0) is 35.1 Å². The first-order valence-corrected chi connectivity index (χ1v) is 5.32. The summed E-state index contributed by atoms with van der Waals surface area (Å²) < 4.78 is 6.10. The van der Waals surface area contributed by atoms with Gasteiger partial charge < -0.3 is 9.84 Å². The van der Waals surface area contributed by atoms with E-state index in [0.717, 1.165) is 10.0 Å². The van der Waals surface area contributed by atoms with Crippen LogP contribution in [0.5, 0.6) is 0 Å². The van der Waals surface area contributed by atoms with Crippen molar-refractivity contribution in [2.45, 2.75) is 6.54 Å². The van der Waals surface area contributed by atoms with Gasteiger partial charge in [0.05, 0.1) is 12.1 Å². The smallest absolute Gasteiger partial charge is 0.259 e. The molecule has 15 heavy (non-hydrogen) atoms. The molecule has 0 fully saturated rings. The molecule has 0 saturated heterocycles. The van der Waals surface area contributed by atoms with Gasteiger partial charge in [-0.2, -0.15) is 4.98 Å². The fourth-order valence-electron chi connectivity index (χ4n) is 1.23. The quantitative estimate of drug-likeness (QED) is 0.927. The van der Waals surface area contributed by atoms with E-state index in [1.54, 1.807) is 0 Å². The fraction of sp³-hybridized carbons (Fsp3) is 0.200. The Balaban J connectivity index is 2.33. The molecular weight excluding hydrogens is 258 g/mol. The van der Waals surface area contributed by atoms with E-state index < -0.39 is 0 Å². The Morgan fingerprint density at radius 2 is 2.20 bits per heavy atom. The minimum absolute atomic E-state index is 0.535. The van der Waals surface area contributed by atoms with Crippen LogP contribution < -0.4 is 5.32 Å². The molecule has 78 valence electrons. The molecule has 0 aliphatic rings. The van der Waals surface area contributed by atoms with Crippen LogP contribution in [-0.2, 0) is 6.54 Å². The second-order valence-electron chi connectivity index (χ2n) is 3.03. The molecule has 1 heterocycles. The number of aromatic nitrogens is 2. The molecule has 4 nitrogen and oxygen atoms in total. The van der Waals surface area contributed by atoms with E-state index in [2.05, 4.69) is 31.4 Å². The minimum atomic E-state index is 0.535. The van der Waals surface area contributed by atoms with Crippen LogP contribution in [0, 0.1) is 0 Å². The molecule has 0 spiro atoms.